The smallest absolute Gasteiger partial charge is 0.136 e. The van der Waals surface area contributed by atoms with Crippen LogP contribution in [0.5, 0.6) is 0 Å². The number of hydrogen-bond acceptors (Lipinski definition) is 2. The van der Waals surface area contributed by atoms with E-state index in [1.54, 1.807) is 11.8 Å². The third-order valence-electron chi connectivity index (χ3n) is 1.42. The predicted molar refractivity (Wildman–Crippen MR) is 62.9 cm³/mol. The highest BCUT2D eigenvalue weighted by molar-refractivity contribution is 8.23. The Morgan fingerprint density at radius 2 is 2.00 bits per heavy atom. The minimum Gasteiger partial charge on any atom is -0.354 e. The zero-order chi connectivity index (χ0) is 9.56. The molecule has 0 saturated carbocycles. The Morgan fingerprint density at radius 1 is 1.50 bits per heavy atom. The lowest BCUT2D eigenvalue weighted by molar-refractivity contribution is 0.389. The van der Waals surface area contributed by atoms with Crippen molar-refractivity contribution in [2.75, 3.05) is 12.3 Å². The molecule has 1 saturated heterocycles. The van der Waals surface area contributed by atoms with E-state index in [2.05, 4.69) is 32.6 Å². The number of rotatable bonds is 1. The van der Waals surface area contributed by atoms with Crippen LogP contribution in [0.25, 0.3) is 0 Å². The fourth-order valence-corrected chi connectivity index (χ4v) is 2.36. The second-order valence-corrected chi connectivity index (χ2v) is 4.84. The predicted octanol–water partition coefficient (Wildman–Crippen LogP) is 3.14. The first kappa shape index (κ1) is 12.2. The van der Waals surface area contributed by atoms with E-state index in [0.29, 0.717) is 6.04 Å². The molecule has 0 atom stereocenters. The molecule has 1 aliphatic rings. The summed E-state index contributed by atoms with van der Waals surface area (Å²) in [4.78, 5) is 2.26. The quantitative estimate of drug-likeness (QED) is 0.605. The molecule has 1 heterocycles. The van der Waals surface area contributed by atoms with Crippen LogP contribution in [0.2, 0.25) is 0 Å². The molecule has 12 heavy (non-hydrogen) atoms. The molecule has 1 nitrogen and oxygen atoms in total. The molecule has 0 radical (unpaired) electrons. The Bertz CT molecular complexity index is 134. The van der Waals surface area contributed by atoms with Gasteiger partial charge in [-0.3, -0.25) is 0 Å². The standard InChI is InChI=1S/C6H11NS2.C3H8/c1-5(2)7-3-4-9-6(7)8;1-3-2/h5H,3-4H2,1-2H3;3H2,1-2H3. The lowest BCUT2D eigenvalue weighted by Gasteiger charge is -2.20. The molecule has 0 aromatic rings. The van der Waals surface area contributed by atoms with Gasteiger partial charge in [-0.25, -0.2) is 0 Å². The average molecular weight is 205 g/mol. The first-order valence-electron chi connectivity index (χ1n) is 4.56. The van der Waals surface area contributed by atoms with Gasteiger partial charge < -0.3 is 4.90 Å². The third kappa shape index (κ3) is 4.31. The van der Waals surface area contributed by atoms with Crippen LogP contribution in [-0.2, 0) is 0 Å². The van der Waals surface area contributed by atoms with Crippen molar-refractivity contribution >= 4 is 28.3 Å². The maximum Gasteiger partial charge on any atom is 0.136 e. The summed E-state index contributed by atoms with van der Waals surface area (Å²) in [6, 6.07) is 0.590. The van der Waals surface area contributed by atoms with E-state index in [1.165, 1.54) is 12.2 Å². The maximum atomic E-state index is 5.11. The summed E-state index contributed by atoms with van der Waals surface area (Å²) in [5.41, 5.74) is 0. The Labute approximate surface area is 85.9 Å². The maximum absolute atomic E-state index is 5.11. The van der Waals surface area contributed by atoms with Crippen molar-refractivity contribution in [3.8, 4) is 0 Å². The van der Waals surface area contributed by atoms with Crippen molar-refractivity contribution in [1.29, 1.82) is 0 Å². The minimum atomic E-state index is 0.590. The molecule has 0 bridgehead atoms. The molecular formula is C9H19NS2. The zero-order valence-electron chi connectivity index (χ0n) is 8.46. The summed E-state index contributed by atoms with van der Waals surface area (Å²) in [5.74, 6) is 1.18. The molecule has 0 spiro atoms. The molecule has 0 amide bonds. The largest absolute Gasteiger partial charge is 0.354 e. The van der Waals surface area contributed by atoms with E-state index < -0.39 is 0 Å². The van der Waals surface area contributed by atoms with Gasteiger partial charge in [0.2, 0.25) is 0 Å². The molecule has 1 rings (SSSR count). The van der Waals surface area contributed by atoms with E-state index >= 15 is 0 Å². The summed E-state index contributed by atoms with van der Waals surface area (Å²) >= 11 is 6.90. The van der Waals surface area contributed by atoms with Gasteiger partial charge >= 0.3 is 0 Å². The van der Waals surface area contributed by atoms with Gasteiger partial charge in [-0.1, -0.05) is 44.2 Å². The molecule has 3 heteroatoms. The second kappa shape index (κ2) is 6.72. The van der Waals surface area contributed by atoms with Crippen molar-refractivity contribution in [2.45, 2.75) is 40.2 Å². The average Bonchev–Trinajstić information content (AvgIpc) is 2.36. The third-order valence-corrected chi connectivity index (χ3v) is 2.87. The van der Waals surface area contributed by atoms with Crippen LogP contribution in [0.3, 0.4) is 0 Å². The Kier molecular flexibility index (Phi) is 6.86. The van der Waals surface area contributed by atoms with Gasteiger partial charge in [0.25, 0.3) is 0 Å². The zero-order valence-corrected chi connectivity index (χ0v) is 10.1. The van der Waals surface area contributed by atoms with Gasteiger partial charge in [-0.05, 0) is 13.8 Å². The van der Waals surface area contributed by atoms with E-state index in [0.717, 1.165) is 10.9 Å². The van der Waals surface area contributed by atoms with E-state index in [1.807, 2.05) is 0 Å². The molecule has 1 aliphatic heterocycles. The molecule has 0 aromatic heterocycles. The molecule has 0 aromatic carbocycles. The molecule has 0 N–H and O–H groups in total. The van der Waals surface area contributed by atoms with Gasteiger partial charge in [0.15, 0.2) is 0 Å². The van der Waals surface area contributed by atoms with Gasteiger partial charge in [-0.2, -0.15) is 0 Å². The van der Waals surface area contributed by atoms with Crippen LogP contribution in [0.1, 0.15) is 34.1 Å². The van der Waals surface area contributed by atoms with Crippen molar-refractivity contribution in [1.82, 2.24) is 4.90 Å². The van der Waals surface area contributed by atoms with Crippen LogP contribution in [0.4, 0.5) is 0 Å². The highest BCUT2D eigenvalue weighted by atomic mass is 32.2. The molecule has 1 fully saturated rings. The van der Waals surface area contributed by atoms with E-state index in [4.69, 9.17) is 12.2 Å². The van der Waals surface area contributed by atoms with Gasteiger partial charge in [0.05, 0.1) is 0 Å². The number of thiocarbonyl (C=S) groups is 1. The highest BCUT2D eigenvalue weighted by Crippen LogP contribution is 2.19. The Balaban J connectivity index is 0.000000354. The van der Waals surface area contributed by atoms with Gasteiger partial charge in [-0.15, -0.1) is 0 Å². The lowest BCUT2D eigenvalue weighted by Crippen LogP contribution is -2.30. The fraction of sp³-hybridized carbons (Fsp3) is 0.889. The minimum absolute atomic E-state index is 0.590. The first-order valence-corrected chi connectivity index (χ1v) is 5.96. The summed E-state index contributed by atoms with van der Waals surface area (Å²) in [6.07, 6.45) is 1.25. The van der Waals surface area contributed by atoms with Gasteiger partial charge in [0.1, 0.15) is 4.32 Å². The van der Waals surface area contributed by atoms with Crippen LogP contribution >= 0.6 is 24.0 Å². The van der Waals surface area contributed by atoms with Crippen LogP contribution < -0.4 is 0 Å². The SMILES string of the molecule is CC(C)N1CCSC1=S.CCC. The summed E-state index contributed by atoms with van der Waals surface area (Å²) in [6.45, 7) is 9.75. The monoisotopic (exact) mass is 205 g/mol. The number of nitrogens with zero attached hydrogens (tertiary/aromatic N) is 1. The first-order chi connectivity index (χ1) is 5.63. The number of hydrogen-bond donors (Lipinski definition) is 0. The normalized spacial score (nSPS) is 16.4. The fourth-order valence-electron chi connectivity index (χ4n) is 0.875. The topological polar surface area (TPSA) is 3.24 Å². The van der Waals surface area contributed by atoms with Crippen molar-refractivity contribution < 1.29 is 0 Å². The Morgan fingerprint density at radius 3 is 2.17 bits per heavy atom. The van der Waals surface area contributed by atoms with Crippen LogP contribution in [0.15, 0.2) is 0 Å². The number of thioether (sulfide) groups is 1. The summed E-state index contributed by atoms with van der Waals surface area (Å²) in [7, 11) is 0. The van der Waals surface area contributed by atoms with E-state index in [9.17, 15) is 0 Å². The second-order valence-electron chi connectivity index (χ2n) is 3.11. The Hall–Kier alpha value is 0.240. The van der Waals surface area contributed by atoms with E-state index in [-0.39, 0.29) is 0 Å². The molecular weight excluding hydrogens is 186 g/mol. The van der Waals surface area contributed by atoms with Crippen LogP contribution in [0, 0.1) is 0 Å². The summed E-state index contributed by atoms with van der Waals surface area (Å²) < 4.78 is 1.07. The van der Waals surface area contributed by atoms with Gasteiger partial charge in [0, 0.05) is 18.3 Å². The van der Waals surface area contributed by atoms with Crippen LogP contribution in [-0.4, -0.2) is 27.6 Å². The van der Waals surface area contributed by atoms with Crippen molar-refractivity contribution in [2.24, 2.45) is 0 Å². The lowest BCUT2D eigenvalue weighted by atomic mass is 10.3. The molecule has 72 valence electrons. The van der Waals surface area contributed by atoms with Crippen molar-refractivity contribution in [3.63, 3.8) is 0 Å². The highest BCUT2D eigenvalue weighted by Gasteiger charge is 2.18. The summed E-state index contributed by atoms with van der Waals surface area (Å²) in [5, 5.41) is 0. The molecule has 0 aliphatic carbocycles. The molecule has 0 unspecified atom stereocenters. The van der Waals surface area contributed by atoms with Crippen molar-refractivity contribution in [3.05, 3.63) is 0 Å².